The maximum atomic E-state index is 13.8. The number of halogens is 2. The van der Waals surface area contributed by atoms with E-state index < -0.39 is 17.1 Å². The molecule has 0 saturated carbocycles. The Morgan fingerprint density at radius 3 is 2.84 bits per heavy atom. The average molecular weight is 470 g/mol. The number of nitrogens with zero attached hydrogens (tertiary/aromatic N) is 4. The molecule has 3 heterocycles. The fraction of sp³-hybridized carbons (Fsp3) is 0.136. The Kier molecular flexibility index (Phi) is 5.15. The summed E-state index contributed by atoms with van der Waals surface area (Å²) < 4.78 is 20.6. The van der Waals surface area contributed by atoms with Gasteiger partial charge < -0.3 is 4.52 Å². The topological polar surface area (TPSA) is 79.3 Å². The van der Waals surface area contributed by atoms with Gasteiger partial charge in [-0.2, -0.15) is 14.4 Å². The molecule has 5 rings (SSSR count). The minimum absolute atomic E-state index is 0.00897. The molecule has 1 aromatic heterocycles. The number of amides is 3. The predicted molar refractivity (Wildman–Crippen MR) is 118 cm³/mol. The van der Waals surface area contributed by atoms with Crippen LogP contribution in [0.15, 0.2) is 58.5 Å². The van der Waals surface area contributed by atoms with Gasteiger partial charge in [-0.15, -0.1) is 16.7 Å². The summed E-state index contributed by atoms with van der Waals surface area (Å²) in [7, 11) is 0. The van der Waals surface area contributed by atoms with E-state index in [1.807, 2.05) is 19.1 Å². The number of fused-ring (bicyclic) bond motifs is 1. The number of urea groups is 1. The quantitative estimate of drug-likeness (QED) is 0.520. The van der Waals surface area contributed by atoms with E-state index in [1.54, 1.807) is 29.7 Å². The van der Waals surface area contributed by atoms with Crippen LogP contribution >= 0.6 is 23.4 Å². The van der Waals surface area contributed by atoms with Gasteiger partial charge in [0.1, 0.15) is 17.2 Å². The van der Waals surface area contributed by atoms with E-state index in [0.29, 0.717) is 17.0 Å². The molecule has 2 aliphatic rings. The van der Waals surface area contributed by atoms with Crippen LogP contribution in [0.25, 0.3) is 11.4 Å². The number of aromatic nitrogens is 2. The molecule has 32 heavy (non-hydrogen) atoms. The number of carbonyl (C=O) groups is 2. The van der Waals surface area contributed by atoms with Gasteiger partial charge in [-0.1, -0.05) is 35.0 Å². The molecule has 2 aliphatic heterocycles. The first-order chi connectivity index (χ1) is 15.4. The Morgan fingerprint density at radius 1 is 1.25 bits per heavy atom. The minimum Gasteiger partial charge on any atom is -0.335 e. The first-order valence-electron chi connectivity index (χ1n) is 9.62. The number of aryl methyl sites for hydroxylation is 1. The normalized spacial score (nSPS) is 18.0. The van der Waals surface area contributed by atoms with Crippen molar-refractivity contribution in [1.82, 2.24) is 10.1 Å². The second-order valence-electron chi connectivity index (χ2n) is 7.21. The van der Waals surface area contributed by atoms with Gasteiger partial charge in [0.2, 0.25) is 5.82 Å². The van der Waals surface area contributed by atoms with Crippen molar-refractivity contribution in [2.24, 2.45) is 0 Å². The molecule has 3 amide bonds. The number of imide groups is 1. The van der Waals surface area contributed by atoms with Crippen molar-refractivity contribution in [3.05, 3.63) is 76.2 Å². The fourth-order valence-electron chi connectivity index (χ4n) is 3.61. The summed E-state index contributed by atoms with van der Waals surface area (Å²) >= 11 is 7.07. The SMILES string of the molecule is Cc1ccccc1N1C(=O)C2SC=CC2=[N+](Cc2nc(-c3ccc(Cl)c(F)c3)no2)C1=O. The summed E-state index contributed by atoms with van der Waals surface area (Å²) in [5.74, 6) is -0.571. The molecular formula is C22H15ClFN4O3S+. The number of anilines is 1. The molecule has 0 spiro atoms. The first-order valence-corrected chi connectivity index (χ1v) is 10.9. The maximum Gasteiger partial charge on any atom is 0.506 e. The third-order valence-corrected chi connectivity index (χ3v) is 6.51. The summed E-state index contributed by atoms with van der Waals surface area (Å²) in [6, 6.07) is 10.9. The average Bonchev–Trinajstić information content (AvgIpc) is 3.44. The van der Waals surface area contributed by atoms with Crippen LogP contribution < -0.4 is 4.90 Å². The van der Waals surface area contributed by atoms with Crippen LogP contribution in [0.5, 0.6) is 0 Å². The lowest BCUT2D eigenvalue weighted by Gasteiger charge is -2.24. The number of rotatable bonds is 4. The third kappa shape index (κ3) is 3.43. The second kappa shape index (κ2) is 7.99. The van der Waals surface area contributed by atoms with Gasteiger partial charge in [0.15, 0.2) is 11.8 Å². The van der Waals surface area contributed by atoms with Crippen LogP contribution in [0.3, 0.4) is 0 Å². The second-order valence-corrected chi connectivity index (χ2v) is 8.64. The van der Waals surface area contributed by atoms with E-state index >= 15 is 0 Å². The van der Waals surface area contributed by atoms with Crippen molar-refractivity contribution in [3.63, 3.8) is 0 Å². The Balaban J connectivity index is 1.50. The Bertz CT molecular complexity index is 1340. The van der Waals surface area contributed by atoms with Gasteiger partial charge in [-0.25, -0.2) is 9.18 Å². The molecule has 1 unspecified atom stereocenters. The van der Waals surface area contributed by atoms with Gasteiger partial charge in [0.25, 0.3) is 5.89 Å². The predicted octanol–water partition coefficient (Wildman–Crippen LogP) is 4.59. The van der Waals surface area contributed by atoms with Crippen LogP contribution in [-0.2, 0) is 11.3 Å². The van der Waals surface area contributed by atoms with Crippen LogP contribution in [-0.4, -0.2) is 37.6 Å². The van der Waals surface area contributed by atoms with Crippen LogP contribution in [0.2, 0.25) is 5.02 Å². The highest BCUT2D eigenvalue weighted by atomic mass is 35.5. The number of hydrogen-bond acceptors (Lipinski definition) is 6. The lowest BCUT2D eigenvalue weighted by atomic mass is 10.1. The van der Waals surface area contributed by atoms with Crippen LogP contribution in [0.1, 0.15) is 11.5 Å². The lowest BCUT2D eigenvalue weighted by Crippen LogP contribution is -2.55. The number of benzene rings is 2. The molecule has 0 saturated heterocycles. The molecule has 0 aliphatic carbocycles. The number of allylic oxidation sites excluding steroid dienone is 1. The highest BCUT2D eigenvalue weighted by Crippen LogP contribution is 2.32. The molecule has 0 fully saturated rings. The minimum atomic E-state index is -0.597. The highest BCUT2D eigenvalue weighted by molar-refractivity contribution is 8.04. The van der Waals surface area contributed by atoms with Crippen molar-refractivity contribution < 1.29 is 23.1 Å². The van der Waals surface area contributed by atoms with Gasteiger partial charge in [0.05, 0.1) is 5.02 Å². The fourth-order valence-corrected chi connectivity index (χ4v) is 4.67. The van der Waals surface area contributed by atoms with Crippen LogP contribution in [0, 0.1) is 12.7 Å². The Labute approximate surface area is 191 Å². The Morgan fingerprint density at radius 2 is 2.06 bits per heavy atom. The van der Waals surface area contributed by atoms with Crippen molar-refractivity contribution in [2.45, 2.75) is 18.7 Å². The van der Waals surface area contributed by atoms with E-state index in [-0.39, 0.29) is 29.2 Å². The molecular weight excluding hydrogens is 455 g/mol. The highest BCUT2D eigenvalue weighted by Gasteiger charge is 2.50. The summed E-state index contributed by atoms with van der Waals surface area (Å²) in [6.45, 7) is 1.81. The number of carbonyl (C=O) groups excluding carboxylic acids is 2. The van der Waals surface area contributed by atoms with E-state index in [1.165, 1.54) is 33.4 Å². The summed E-state index contributed by atoms with van der Waals surface area (Å²) in [5, 5.41) is 5.13. The molecule has 7 nitrogen and oxygen atoms in total. The molecule has 10 heteroatoms. The van der Waals surface area contributed by atoms with Gasteiger partial charge in [0, 0.05) is 5.56 Å². The van der Waals surface area contributed by atoms with Gasteiger partial charge in [-0.05, 0) is 48.2 Å². The van der Waals surface area contributed by atoms with Gasteiger partial charge in [-0.3, -0.25) is 0 Å². The van der Waals surface area contributed by atoms with Crippen molar-refractivity contribution >= 4 is 46.7 Å². The Hall–Kier alpha value is -3.30. The zero-order valence-corrected chi connectivity index (χ0v) is 18.2. The smallest absolute Gasteiger partial charge is 0.335 e. The largest absolute Gasteiger partial charge is 0.506 e. The zero-order chi connectivity index (χ0) is 22.4. The van der Waals surface area contributed by atoms with E-state index in [2.05, 4.69) is 10.1 Å². The molecule has 0 radical (unpaired) electrons. The van der Waals surface area contributed by atoms with Crippen LogP contribution in [0.4, 0.5) is 14.9 Å². The van der Waals surface area contributed by atoms with E-state index in [0.717, 1.165) is 5.56 Å². The molecule has 160 valence electrons. The first kappa shape index (κ1) is 20.6. The molecule has 3 aromatic rings. The number of para-hydroxylation sites is 1. The molecule has 2 aromatic carbocycles. The molecule has 0 N–H and O–H groups in total. The summed E-state index contributed by atoms with van der Waals surface area (Å²) in [5.41, 5.74) is 2.29. The van der Waals surface area contributed by atoms with E-state index in [4.69, 9.17) is 16.1 Å². The lowest BCUT2D eigenvalue weighted by molar-refractivity contribution is -0.448. The maximum absolute atomic E-state index is 13.8. The van der Waals surface area contributed by atoms with Crippen molar-refractivity contribution in [2.75, 3.05) is 4.90 Å². The molecule has 0 bridgehead atoms. The zero-order valence-electron chi connectivity index (χ0n) is 16.7. The van der Waals surface area contributed by atoms with E-state index in [9.17, 15) is 14.0 Å². The van der Waals surface area contributed by atoms with Crippen molar-refractivity contribution in [3.8, 4) is 11.4 Å². The standard InChI is InChI=1S/C22H15ClFN4O3S/c1-12-4-2-3-5-16(12)28-21(29)19-17(8-9-32-19)27(22(28)30)11-18-25-20(26-31-18)13-6-7-14(23)15(24)10-13/h2-10,19H,11H2,1H3/q+1. The number of thioether (sulfide) groups is 1. The van der Waals surface area contributed by atoms with Gasteiger partial charge >= 0.3 is 11.9 Å². The summed E-state index contributed by atoms with van der Waals surface area (Å²) in [6.07, 6.45) is 1.74. The third-order valence-electron chi connectivity index (χ3n) is 5.20. The molecule has 1 atom stereocenters. The summed E-state index contributed by atoms with van der Waals surface area (Å²) in [4.78, 5) is 32.0. The van der Waals surface area contributed by atoms with Crippen molar-refractivity contribution in [1.29, 1.82) is 0 Å². The monoisotopic (exact) mass is 469 g/mol. The number of hydrogen-bond donors (Lipinski definition) is 0.